The molecule has 2 aromatic rings. The van der Waals surface area contributed by atoms with E-state index in [1.54, 1.807) is 0 Å². The van der Waals surface area contributed by atoms with Crippen LogP contribution in [0.5, 0.6) is 0 Å². The molecule has 2 rings (SSSR count). The molecule has 1 unspecified atom stereocenters. The Hall–Kier alpha value is -2.13. The summed E-state index contributed by atoms with van der Waals surface area (Å²) < 4.78 is 0. The zero-order chi connectivity index (χ0) is 17.9. The number of hydrogen-bond acceptors (Lipinski definition) is 3. The first kappa shape index (κ1) is 19.2. The molecule has 0 amide bonds. The average Bonchev–Trinajstić information content (AvgIpc) is 2.67. The number of aliphatic hydroxyl groups is 1. The Bertz CT molecular complexity index is 652. The molecule has 0 heterocycles. The molecule has 1 atom stereocenters. The molecule has 0 radical (unpaired) electrons. The van der Waals surface area contributed by atoms with Crippen molar-refractivity contribution in [3.05, 3.63) is 71.3 Å². The van der Waals surface area contributed by atoms with Crippen LogP contribution >= 0.6 is 0 Å². The second kappa shape index (κ2) is 10.7. The lowest BCUT2D eigenvalue weighted by Crippen LogP contribution is -2.11. The Morgan fingerprint density at radius 3 is 2.28 bits per heavy atom. The lowest BCUT2D eigenvalue weighted by atomic mass is 9.84. The van der Waals surface area contributed by atoms with Gasteiger partial charge in [-0.3, -0.25) is 0 Å². The fourth-order valence-corrected chi connectivity index (χ4v) is 3.34. The standard InChI is InChI=1S/C22H29NO2/c1-2-3-11-18(12-9-10-17-24)20-15-7-8-16-21(20)22(23-25)19-13-5-4-6-14-19/h4-8,13-16,18,24-25H,2-3,9-12,17H2,1H3. The quantitative estimate of drug-likeness (QED) is 0.265. The van der Waals surface area contributed by atoms with Crippen molar-refractivity contribution in [2.24, 2.45) is 5.16 Å². The van der Waals surface area contributed by atoms with Crippen molar-refractivity contribution in [1.29, 1.82) is 0 Å². The number of nitrogens with zero attached hydrogens (tertiary/aromatic N) is 1. The van der Waals surface area contributed by atoms with Crippen molar-refractivity contribution in [3.8, 4) is 0 Å². The van der Waals surface area contributed by atoms with Gasteiger partial charge in [-0.05, 0) is 30.7 Å². The third-order valence-electron chi connectivity index (χ3n) is 4.67. The summed E-state index contributed by atoms with van der Waals surface area (Å²) in [7, 11) is 0. The molecular formula is C22H29NO2. The first-order chi connectivity index (χ1) is 12.3. The summed E-state index contributed by atoms with van der Waals surface area (Å²) in [6.07, 6.45) is 6.35. The molecule has 3 heteroatoms. The van der Waals surface area contributed by atoms with Gasteiger partial charge in [0.2, 0.25) is 0 Å². The van der Waals surface area contributed by atoms with E-state index in [0.717, 1.165) is 43.2 Å². The van der Waals surface area contributed by atoms with Gasteiger partial charge in [0.25, 0.3) is 0 Å². The highest BCUT2D eigenvalue weighted by Crippen LogP contribution is 2.31. The Morgan fingerprint density at radius 2 is 1.60 bits per heavy atom. The molecule has 0 saturated carbocycles. The maximum atomic E-state index is 9.68. The van der Waals surface area contributed by atoms with E-state index in [1.807, 2.05) is 42.5 Å². The summed E-state index contributed by atoms with van der Waals surface area (Å²) in [5, 5.41) is 22.4. The van der Waals surface area contributed by atoms with E-state index in [4.69, 9.17) is 5.11 Å². The topological polar surface area (TPSA) is 52.8 Å². The number of oxime groups is 1. The summed E-state index contributed by atoms with van der Waals surface area (Å²) in [6, 6.07) is 18.1. The van der Waals surface area contributed by atoms with Crippen molar-refractivity contribution in [3.63, 3.8) is 0 Å². The van der Waals surface area contributed by atoms with E-state index in [1.165, 1.54) is 12.0 Å². The number of hydrogen-bond donors (Lipinski definition) is 2. The van der Waals surface area contributed by atoms with Crippen molar-refractivity contribution < 1.29 is 10.3 Å². The maximum absolute atomic E-state index is 9.68. The second-order valence-electron chi connectivity index (χ2n) is 6.46. The smallest absolute Gasteiger partial charge is 0.117 e. The number of unbranched alkanes of at least 4 members (excludes halogenated alkanes) is 2. The fraction of sp³-hybridized carbons (Fsp3) is 0.409. The monoisotopic (exact) mass is 339 g/mol. The van der Waals surface area contributed by atoms with Crippen molar-refractivity contribution in [2.45, 2.75) is 51.4 Å². The van der Waals surface area contributed by atoms with Gasteiger partial charge in [0.05, 0.1) is 0 Å². The Kier molecular flexibility index (Phi) is 8.20. The van der Waals surface area contributed by atoms with Crippen LogP contribution < -0.4 is 0 Å². The van der Waals surface area contributed by atoms with Crippen LogP contribution in [0.2, 0.25) is 0 Å². The second-order valence-corrected chi connectivity index (χ2v) is 6.46. The van der Waals surface area contributed by atoms with Gasteiger partial charge in [-0.15, -0.1) is 0 Å². The van der Waals surface area contributed by atoms with Gasteiger partial charge in [0.1, 0.15) is 5.71 Å². The molecule has 0 aliphatic carbocycles. The molecule has 0 aliphatic rings. The number of benzene rings is 2. The van der Waals surface area contributed by atoms with Crippen LogP contribution in [0, 0.1) is 0 Å². The van der Waals surface area contributed by atoms with Crippen LogP contribution in [-0.4, -0.2) is 22.6 Å². The predicted octanol–water partition coefficient (Wildman–Crippen LogP) is 5.35. The molecule has 3 nitrogen and oxygen atoms in total. The highest BCUT2D eigenvalue weighted by atomic mass is 16.4. The van der Waals surface area contributed by atoms with Crippen LogP contribution in [0.3, 0.4) is 0 Å². The minimum Gasteiger partial charge on any atom is -0.410 e. The van der Waals surface area contributed by atoms with Gasteiger partial charge < -0.3 is 10.3 Å². The Morgan fingerprint density at radius 1 is 0.920 bits per heavy atom. The first-order valence-corrected chi connectivity index (χ1v) is 9.29. The molecule has 134 valence electrons. The molecule has 0 saturated heterocycles. The summed E-state index contributed by atoms with van der Waals surface area (Å²) >= 11 is 0. The van der Waals surface area contributed by atoms with Gasteiger partial charge in [0, 0.05) is 17.7 Å². The summed E-state index contributed by atoms with van der Waals surface area (Å²) in [5.74, 6) is 0.420. The Labute approximate surface area is 151 Å². The zero-order valence-electron chi connectivity index (χ0n) is 15.1. The minimum absolute atomic E-state index is 0.246. The van der Waals surface area contributed by atoms with Crippen LogP contribution in [0.4, 0.5) is 0 Å². The number of aliphatic hydroxyl groups excluding tert-OH is 1. The zero-order valence-corrected chi connectivity index (χ0v) is 15.1. The molecule has 25 heavy (non-hydrogen) atoms. The first-order valence-electron chi connectivity index (χ1n) is 9.29. The fourth-order valence-electron chi connectivity index (χ4n) is 3.34. The van der Waals surface area contributed by atoms with Gasteiger partial charge in [-0.25, -0.2) is 0 Å². The van der Waals surface area contributed by atoms with Gasteiger partial charge in [0.15, 0.2) is 0 Å². The Balaban J connectivity index is 2.36. The molecule has 0 aliphatic heterocycles. The molecular weight excluding hydrogens is 310 g/mol. The normalized spacial score (nSPS) is 13.0. The maximum Gasteiger partial charge on any atom is 0.117 e. The average molecular weight is 339 g/mol. The molecule has 0 aromatic heterocycles. The molecule has 2 aromatic carbocycles. The summed E-state index contributed by atoms with van der Waals surface area (Å²) in [6.45, 7) is 2.46. The van der Waals surface area contributed by atoms with Crippen LogP contribution in [0.15, 0.2) is 59.8 Å². The van der Waals surface area contributed by atoms with E-state index >= 15 is 0 Å². The van der Waals surface area contributed by atoms with Crippen LogP contribution in [0.25, 0.3) is 0 Å². The molecule has 2 N–H and O–H groups in total. The number of rotatable bonds is 10. The van der Waals surface area contributed by atoms with E-state index in [-0.39, 0.29) is 6.61 Å². The van der Waals surface area contributed by atoms with E-state index in [9.17, 15) is 5.21 Å². The van der Waals surface area contributed by atoms with E-state index < -0.39 is 0 Å². The van der Waals surface area contributed by atoms with Crippen LogP contribution in [-0.2, 0) is 0 Å². The van der Waals surface area contributed by atoms with Gasteiger partial charge in [-0.2, -0.15) is 0 Å². The van der Waals surface area contributed by atoms with E-state index in [0.29, 0.717) is 11.6 Å². The third kappa shape index (κ3) is 5.43. The van der Waals surface area contributed by atoms with Gasteiger partial charge in [-0.1, -0.05) is 85.9 Å². The highest BCUT2D eigenvalue weighted by Gasteiger charge is 2.19. The molecule has 0 bridgehead atoms. The van der Waals surface area contributed by atoms with Crippen LogP contribution in [0.1, 0.15) is 68.1 Å². The SMILES string of the molecule is CCCCC(CCCCO)c1ccccc1C(=NO)c1ccccc1. The lowest BCUT2D eigenvalue weighted by Gasteiger charge is -2.21. The predicted molar refractivity (Wildman–Crippen MR) is 104 cm³/mol. The third-order valence-corrected chi connectivity index (χ3v) is 4.67. The minimum atomic E-state index is 0.246. The van der Waals surface area contributed by atoms with Gasteiger partial charge >= 0.3 is 0 Å². The lowest BCUT2D eigenvalue weighted by molar-refractivity contribution is 0.280. The van der Waals surface area contributed by atoms with Crippen molar-refractivity contribution >= 4 is 5.71 Å². The highest BCUT2D eigenvalue weighted by molar-refractivity contribution is 6.13. The summed E-state index contributed by atoms with van der Waals surface area (Å²) in [5.41, 5.74) is 3.79. The van der Waals surface area contributed by atoms with E-state index in [2.05, 4.69) is 24.2 Å². The van der Waals surface area contributed by atoms with Crippen molar-refractivity contribution in [1.82, 2.24) is 0 Å². The largest absolute Gasteiger partial charge is 0.410 e. The molecule has 0 fully saturated rings. The molecule has 0 spiro atoms. The van der Waals surface area contributed by atoms with Crippen molar-refractivity contribution in [2.75, 3.05) is 6.61 Å². The summed E-state index contributed by atoms with van der Waals surface area (Å²) in [4.78, 5) is 0.